The molecule has 1 aromatic carbocycles. The van der Waals surface area contributed by atoms with Gasteiger partial charge in [0.05, 0.1) is 23.3 Å². The zero-order chi connectivity index (χ0) is 9.97. The van der Waals surface area contributed by atoms with E-state index in [1.54, 1.807) is 0 Å². The topological polar surface area (TPSA) is 29.9 Å². The zero-order valence-electron chi connectivity index (χ0n) is 8.36. The molecule has 3 nitrogen and oxygen atoms in total. The summed E-state index contributed by atoms with van der Waals surface area (Å²) >= 11 is 0. The van der Waals surface area contributed by atoms with Gasteiger partial charge in [-0.2, -0.15) is 5.10 Å². The largest absolute Gasteiger partial charge is 0.385 e. The van der Waals surface area contributed by atoms with Gasteiger partial charge in [0.25, 0.3) is 0 Å². The fourth-order valence-corrected chi connectivity index (χ4v) is 1.48. The van der Waals surface area contributed by atoms with E-state index in [1.807, 2.05) is 55.2 Å². The minimum absolute atomic E-state index is 1.06. The van der Waals surface area contributed by atoms with Crippen LogP contribution in [-0.2, 0) is 0 Å². The third kappa shape index (κ3) is 1.37. The maximum atomic E-state index is 4.31. The van der Waals surface area contributed by atoms with Gasteiger partial charge in [0.1, 0.15) is 0 Å². The number of benzene rings is 1. The lowest BCUT2D eigenvalue weighted by Crippen LogP contribution is -1.99. The van der Waals surface area contributed by atoms with Gasteiger partial charge in [-0.1, -0.05) is 18.2 Å². The first-order valence-electron chi connectivity index (χ1n) is 4.60. The second-order valence-corrected chi connectivity index (χ2v) is 3.14. The maximum Gasteiger partial charge on any atom is 0.0758 e. The summed E-state index contributed by atoms with van der Waals surface area (Å²) in [7, 11) is 1.90. The van der Waals surface area contributed by atoms with Gasteiger partial charge in [-0.05, 0) is 19.1 Å². The van der Waals surface area contributed by atoms with Crippen molar-refractivity contribution in [1.82, 2.24) is 9.78 Å². The highest BCUT2D eigenvalue weighted by Gasteiger charge is 2.05. The Bertz CT molecular complexity index is 417. The van der Waals surface area contributed by atoms with Crippen LogP contribution in [0, 0.1) is 6.92 Å². The minimum Gasteiger partial charge on any atom is -0.385 e. The molecule has 2 rings (SSSR count). The van der Waals surface area contributed by atoms with Gasteiger partial charge >= 0.3 is 0 Å². The summed E-state index contributed by atoms with van der Waals surface area (Å²) in [6.45, 7) is 2.05. The number of nitrogens with zero attached hydrogens (tertiary/aromatic N) is 2. The number of anilines is 1. The molecule has 0 radical (unpaired) electrons. The summed E-state index contributed by atoms with van der Waals surface area (Å²) in [6.07, 6.45) is 1.84. The summed E-state index contributed by atoms with van der Waals surface area (Å²) in [6, 6.07) is 10.1. The third-order valence-corrected chi connectivity index (χ3v) is 2.28. The van der Waals surface area contributed by atoms with Gasteiger partial charge in [-0.15, -0.1) is 0 Å². The van der Waals surface area contributed by atoms with Crippen molar-refractivity contribution < 1.29 is 0 Å². The van der Waals surface area contributed by atoms with Crippen LogP contribution in [0.3, 0.4) is 0 Å². The van der Waals surface area contributed by atoms with Gasteiger partial charge in [-0.3, -0.25) is 0 Å². The molecule has 1 aromatic heterocycles. The predicted molar refractivity (Wildman–Crippen MR) is 57.8 cm³/mol. The van der Waals surface area contributed by atoms with Crippen LogP contribution in [0.15, 0.2) is 36.5 Å². The molecule has 1 heterocycles. The Hall–Kier alpha value is -1.77. The molecule has 0 saturated heterocycles. The van der Waals surface area contributed by atoms with E-state index in [9.17, 15) is 0 Å². The van der Waals surface area contributed by atoms with Crippen molar-refractivity contribution in [3.8, 4) is 5.69 Å². The Morgan fingerprint density at radius 1 is 1.21 bits per heavy atom. The highest BCUT2D eigenvalue weighted by atomic mass is 15.3. The van der Waals surface area contributed by atoms with E-state index < -0.39 is 0 Å². The lowest BCUT2D eigenvalue weighted by atomic mass is 10.3. The molecular formula is C11H13N3. The van der Waals surface area contributed by atoms with Crippen molar-refractivity contribution >= 4 is 5.69 Å². The van der Waals surface area contributed by atoms with E-state index in [1.165, 1.54) is 0 Å². The van der Waals surface area contributed by atoms with Crippen LogP contribution in [0.4, 0.5) is 5.69 Å². The number of rotatable bonds is 2. The molecule has 0 atom stereocenters. The lowest BCUT2D eigenvalue weighted by molar-refractivity contribution is 0.847. The lowest BCUT2D eigenvalue weighted by Gasteiger charge is -2.04. The Labute approximate surface area is 83.4 Å². The van der Waals surface area contributed by atoms with Gasteiger partial charge in [0.2, 0.25) is 0 Å². The quantitative estimate of drug-likeness (QED) is 0.781. The fourth-order valence-electron chi connectivity index (χ4n) is 1.48. The van der Waals surface area contributed by atoms with E-state index in [0.29, 0.717) is 0 Å². The zero-order valence-corrected chi connectivity index (χ0v) is 8.36. The summed E-state index contributed by atoms with van der Waals surface area (Å²) in [5.74, 6) is 0. The molecule has 0 bridgehead atoms. The number of hydrogen-bond donors (Lipinski definition) is 1. The van der Waals surface area contributed by atoms with Crippen LogP contribution in [0.2, 0.25) is 0 Å². The van der Waals surface area contributed by atoms with Crippen molar-refractivity contribution in [3.05, 3.63) is 42.2 Å². The Morgan fingerprint density at radius 2 is 1.93 bits per heavy atom. The second kappa shape index (κ2) is 3.54. The van der Waals surface area contributed by atoms with Crippen molar-refractivity contribution in [1.29, 1.82) is 0 Å². The molecule has 0 amide bonds. The minimum atomic E-state index is 1.06. The van der Waals surface area contributed by atoms with Gasteiger partial charge in [0.15, 0.2) is 0 Å². The Kier molecular flexibility index (Phi) is 2.23. The molecule has 2 aromatic rings. The summed E-state index contributed by atoms with van der Waals surface area (Å²) in [5.41, 5.74) is 3.28. The van der Waals surface area contributed by atoms with Crippen LogP contribution >= 0.6 is 0 Å². The Morgan fingerprint density at radius 3 is 2.50 bits per heavy atom. The van der Waals surface area contributed by atoms with Crippen LogP contribution in [0.5, 0.6) is 0 Å². The normalized spacial score (nSPS) is 10.1. The first kappa shape index (κ1) is 8.81. The van der Waals surface area contributed by atoms with Crippen molar-refractivity contribution in [2.45, 2.75) is 6.92 Å². The molecule has 0 spiro atoms. The molecule has 72 valence electrons. The second-order valence-electron chi connectivity index (χ2n) is 3.14. The smallest absolute Gasteiger partial charge is 0.0758 e. The average molecular weight is 187 g/mol. The first-order valence-corrected chi connectivity index (χ1v) is 4.60. The molecule has 1 N–H and O–H groups in total. The standard InChI is InChI=1S/C11H13N3/c1-9-11(12-2)8-13-14(9)10-6-4-3-5-7-10/h3-8,12H,1-2H3. The van der Waals surface area contributed by atoms with E-state index >= 15 is 0 Å². The summed E-state index contributed by atoms with van der Waals surface area (Å²) in [4.78, 5) is 0. The van der Waals surface area contributed by atoms with Crippen molar-refractivity contribution in [2.24, 2.45) is 0 Å². The van der Waals surface area contributed by atoms with E-state index in [-0.39, 0.29) is 0 Å². The number of hydrogen-bond acceptors (Lipinski definition) is 2. The number of aromatic nitrogens is 2. The molecule has 0 fully saturated rings. The Balaban J connectivity index is 2.48. The van der Waals surface area contributed by atoms with Crippen LogP contribution < -0.4 is 5.32 Å². The van der Waals surface area contributed by atoms with E-state index in [4.69, 9.17) is 0 Å². The SMILES string of the molecule is CNc1cnn(-c2ccccc2)c1C. The van der Waals surface area contributed by atoms with Crippen LogP contribution in [0.25, 0.3) is 5.69 Å². The number of para-hydroxylation sites is 1. The molecule has 0 unspecified atom stereocenters. The average Bonchev–Trinajstić information content (AvgIpc) is 2.61. The fraction of sp³-hybridized carbons (Fsp3) is 0.182. The summed E-state index contributed by atoms with van der Waals surface area (Å²) in [5, 5.41) is 7.41. The highest BCUT2D eigenvalue weighted by Crippen LogP contribution is 2.16. The van der Waals surface area contributed by atoms with Crippen molar-refractivity contribution in [3.63, 3.8) is 0 Å². The summed E-state index contributed by atoms with van der Waals surface area (Å²) < 4.78 is 1.92. The first-order chi connectivity index (χ1) is 6.83. The van der Waals surface area contributed by atoms with Gasteiger partial charge < -0.3 is 5.32 Å². The highest BCUT2D eigenvalue weighted by molar-refractivity contribution is 5.48. The van der Waals surface area contributed by atoms with Crippen LogP contribution in [0.1, 0.15) is 5.69 Å². The molecule has 0 aliphatic carbocycles. The predicted octanol–water partition coefficient (Wildman–Crippen LogP) is 2.22. The molecule has 0 saturated carbocycles. The monoisotopic (exact) mass is 187 g/mol. The molecule has 14 heavy (non-hydrogen) atoms. The molecule has 0 aliphatic rings. The molecule has 3 heteroatoms. The maximum absolute atomic E-state index is 4.31. The molecular weight excluding hydrogens is 174 g/mol. The number of nitrogens with one attached hydrogen (secondary N) is 1. The van der Waals surface area contributed by atoms with E-state index in [0.717, 1.165) is 17.1 Å². The van der Waals surface area contributed by atoms with Crippen LogP contribution in [-0.4, -0.2) is 16.8 Å². The van der Waals surface area contributed by atoms with Gasteiger partial charge in [-0.25, -0.2) is 4.68 Å². The third-order valence-electron chi connectivity index (χ3n) is 2.28. The van der Waals surface area contributed by atoms with Gasteiger partial charge in [0, 0.05) is 7.05 Å². The van der Waals surface area contributed by atoms with Crippen molar-refractivity contribution in [2.75, 3.05) is 12.4 Å². The van der Waals surface area contributed by atoms with E-state index in [2.05, 4.69) is 10.4 Å². The molecule has 0 aliphatic heterocycles.